The maximum absolute atomic E-state index is 13.0. The van der Waals surface area contributed by atoms with E-state index >= 15 is 0 Å². The van der Waals surface area contributed by atoms with Crippen LogP contribution in [0.25, 0.3) is 0 Å². The van der Waals surface area contributed by atoms with Crippen molar-refractivity contribution in [3.63, 3.8) is 0 Å². The van der Waals surface area contributed by atoms with E-state index in [1.54, 1.807) is 31.3 Å². The Labute approximate surface area is 149 Å². The lowest BCUT2D eigenvalue weighted by molar-refractivity contribution is 0.0977. The standard InChI is InChI=1S/C18H16NO6P/c1-19-18(8-9-18)13-7-6-12-14(17(13)25-26(22,23)24)16(21)11-5-3-2-4-10(11)15(12)20/h2-7,19H,8-9H2,1H3,(H2,22,23,24). The number of carbonyl (C=O) groups is 2. The zero-order valence-electron chi connectivity index (χ0n) is 13.9. The summed E-state index contributed by atoms with van der Waals surface area (Å²) in [7, 11) is -3.20. The lowest BCUT2D eigenvalue weighted by Gasteiger charge is -2.25. The van der Waals surface area contributed by atoms with Crippen molar-refractivity contribution >= 4 is 19.4 Å². The molecule has 0 aromatic heterocycles. The Morgan fingerprint density at radius 3 is 2.15 bits per heavy atom. The zero-order chi connectivity index (χ0) is 18.7. The Morgan fingerprint density at radius 2 is 1.62 bits per heavy atom. The molecule has 4 rings (SSSR count). The minimum atomic E-state index is -4.94. The summed E-state index contributed by atoms with van der Waals surface area (Å²) in [5.41, 5.74) is 0.438. The van der Waals surface area contributed by atoms with Gasteiger partial charge in [0.15, 0.2) is 11.6 Å². The number of hydrogen-bond donors (Lipinski definition) is 3. The van der Waals surface area contributed by atoms with Crippen LogP contribution in [0, 0.1) is 0 Å². The van der Waals surface area contributed by atoms with Gasteiger partial charge in [0.2, 0.25) is 0 Å². The average Bonchev–Trinajstić information content (AvgIpc) is 3.39. The van der Waals surface area contributed by atoms with Crippen LogP contribution in [0.3, 0.4) is 0 Å². The highest BCUT2D eigenvalue weighted by atomic mass is 31.2. The van der Waals surface area contributed by atoms with Gasteiger partial charge in [-0.1, -0.05) is 30.3 Å². The van der Waals surface area contributed by atoms with Crippen molar-refractivity contribution in [2.45, 2.75) is 18.4 Å². The van der Waals surface area contributed by atoms with E-state index in [-0.39, 0.29) is 33.8 Å². The zero-order valence-corrected chi connectivity index (χ0v) is 14.7. The second kappa shape index (κ2) is 5.59. The summed E-state index contributed by atoms with van der Waals surface area (Å²) < 4.78 is 16.5. The Kier molecular flexibility index (Phi) is 3.68. The van der Waals surface area contributed by atoms with Crippen LogP contribution in [-0.4, -0.2) is 28.4 Å². The van der Waals surface area contributed by atoms with Crippen molar-refractivity contribution < 1.29 is 28.5 Å². The number of nitrogens with one attached hydrogen (secondary N) is 1. The molecule has 0 saturated heterocycles. The van der Waals surface area contributed by atoms with Gasteiger partial charge in [0.25, 0.3) is 0 Å². The molecule has 0 bridgehead atoms. The molecule has 0 aliphatic heterocycles. The minimum Gasteiger partial charge on any atom is -0.403 e. The van der Waals surface area contributed by atoms with Crippen molar-refractivity contribution in [2.24, 2.45) is 0 Å². The smallest absolute Gasteiger partial charge is 0.403 e. The molecule has 2 aliphatic rings. The molecule has 0 spiro atoms. The molecule has 0 heterocycles. The highest BCUT2D eigenvalue weighted by Gasteiger charge is 2.47. The molecule has 2 aliphatic carbocycles. The van der Waals surface area contributed by atoms with E-state index in [0.717, 1.165) is 12.8 Å². The van der Waals surface area contributed by atoms with Crippen LogP contribution in [0.1, 0.15) is 50.2 Å². The van der Waals surface area contributed by atoms with Crippen molar-refractivity contribution in [2.75, 3.05) is 7.05 Å². The fraction of sp³-hybridized carbons (Fsp3) is 0.222. The topological polar surface area (TPSA) is 113 Å². The predicted molar refractivity (Wildman–Crippen MR) is 92.4 cm³/mol. The Morgan fingerprint density at radius 1 is 1.00 bits per heavy atom. The molecular weight excluding hydrogens is 357 g/mol. The Hall–Kier alpha value is -2.31. The fourth-order valence-corrected chi connectivity index (χ4v) is 3.95. The van der Waals surface area contributed by atoms with E-state index in [1.165, 1.54) is 12.1 Å². The summed E-state index contributed by atoms with van der Waals surface area (Å²) in [6.45, 7) is 0. The van der Waals surface area contributed by atoms with E-state index in [9.17, 15) is 23.9 Å². The van der Waals surface area contributed by atoms with Gasteiger partial charge in [-0.2, -0.15) is 0 Å². The first-order valence-corrected chi connectivity index (χ1v) is 9.60. The predicted octanol–water partition coefficient (Wildman–Crippen LogP) is 2.14. The molecular formula is C18H16NO6P. The third kappa shape index (κ3) is 2.52. The summed E-state index contributed by atoms with van der Waals surface area (Å²) in [4.78, 5) is 44.6. The maximum Gasteiger partial charge on any atom is 0.524 e. The van der Waals surface area contributed by atoms with Gasteiger partial charge in [0.1, 0.15) is 5.75 Å². The first-order valence-electron chi connectivity index (χ1n) is 8.07. The highest BCUT2D eigenvalue weighted by Crippen LogP contribution is 2.53. The monoisotopic (exact) mass is 373 g/mol. The average molecular weight is 373 g/mol. The van der Waals surface area contributed by atoms with E-state index in [1.807, 2.05) is 0 Å². The molecule has 3 N–H and O–H groups in total. The number of fused-ring (bicyclic) bond motifs is 2. The van der Waals surface area contributed by atoms with Crippen LogP contribution in [0.5, 0.6) is 5.75 Å². The van der Waals surface area contributed by atoms with Gasteiger partial charge in [-0.15, -0.1) is 0 Å². The third-order valence-corrected chi connectivity index (χ3v) is 5.42. The molecule has 7 nitrogen and oxygen atoms in total. The number of carbonyl (C=O) groups excluding carboxylic acids is 2. The van der Waals surface area contributed by atoms with Crippen LogP contribution >= 0.6 is 7.82 Å². The molecule has 0 amide bonds. The molecule has 1 fully saturated rings. The van der Waals surface area contributed by atoms with Crippen LogP contribution < -0.4 is 9.84 Å². The van der Waals surface area contributed by atoms with Crippen molar-refractivity contribution in [1.29, 1.82) is 0 Å². The molecule has 0 atom stereocenters. The van der Waals surface area contributed by atoms with Gasteiger partial charge in [0.05, 0.1) is 5.56 Å². The van der Waals surface area contributed by atoms with Crippen LogP contribution in [0.2, 0.25) is 0 Å². The van der Waals surface area contributed by atoms with Crippen LogP contribution in [0.15, 0.2) is 36.4 Å². The molecule has 0 radical (unpaired) electrons. The van der Waals surface area contributed by atoms with Gasteiger partial charge < -0.3 is 9.84 Å². The van der Waals surface area contributed by atoms with Crippen molar-refractivity contribution in [3.8, 4) is 5.75 Å². The fourth-order valence-electron chi connectivity index (χ4n) is 3.53. The second-order valence-electron chi connectivity index (χ2n) is 6.48. The van der Waals surface area contributed by atoms with Crippen LogP contribution in [0.4, 0.5) is 0 Å². The normalized spacial score (nSPS) is 17.5. The largest absolute Gasteiger partial charge is 0.524 e. The van der Waals surface area contributed by atoms with E-state index < -0.39 is 19.1 Å². The molecule has 2 aromatic rings. The molecule has 1 saturated carbocycles. The third-order valence-electron chi connectivity index (χ3n) is 5.00. The van der Waals surface area contributed by atoms with E-state index in [0.29, 0.717) is 5.56 Å². The van der Waals surface area contributed by atoms with E-state index in [4.69, 9.17) is 4.52 Å². The Balaban J connectivity index is 2.00. The highest BCUT2D eigenvalue weighted by molar-refractivity contribution is 7.46. The number of phosphoric ester groups is 1. The van der Waals surface area contributed by atoms with Gasteiger partial charge in [-0.3, -0.25) is 19.4 Å². The van der Waals surface area contributed by atoms with Gasteiger partial charge in [0, 0.05) is 27.8 Å². The minimum absolute atomic E-state index is 0.0870. The number of rotatable bonds is 4. The first-order chi connectivity index (χ1) is 12.3. The molecule has 26 heavy (non-hydrogen) atoms. The van der Waals surface area contributed by atoms with Gasteiger partial charge in [-0.25, -0.2) is 4.57 Å². The number of ketones is 2. The number of phosphoric acid groups is 1. The number of benzene rings is 2. The molecule has 134 valence electrons. The van der Waals surface area contributed by atoms with Crippen molar-refractivity contribution in [3.05, 3.63) is 64.2 Å². The van der Waals surface area contributed by atoms with Crippen molar-refractivity contribution in [1.82, 2.24) is 5.32 Å². The summed E-state index contributed by atoms with van der Waals surface area (Å²) in [5, 5.41) is 3.12. The number of hydrogen-bond acceptors (Lipinski definition) is 5. The van der Waals surface area contributed by atoms with Gasteiger partial charge >= 0.3 is 7.82 Å². The molecule has 2 aromatic carbocycles. The lowest BCUT2D eigenvalue weighted by atomic mass is 9.81. The lowest BCUT2D eigenvalue weighted by Crippen LogP contribution is -2.28. The van der Waals surface area contributed by atoms with Gasteiger partial charge in [-0.05, 0) is 26.0 Å². The first kappa shape index (κ1) is 17.1. The summed E-state index contributed by atoms with van der Waals surface area (Å²) >= 11 is 0. The molecule has 8 heteroatoms. The summed E-state index contributed by atoms with van der Waals surface area (Å²) in [5.74, 6) is -1.06. The molecule has 0 unspecified atom stereocenters. The summed E-state index contributed by atoms with van der Waals surface area (Å²) in [6.07, 6.45) is 1.47. The van der Waals surface area contributed by atoms with Crippen LogP contribution in [-0.2, 0) is 10.1 Å². The second-order valence-corrected chi connectivity index (χ2v) is 7.65. The quantitative estimate of drug-likeness (QED) is 0.601. The van der Waals surface area contributed by atoms with E-state index in [2.05, 4.69) is 5.32 Å². The maximum atomic E-state index is 13.0. The Bertz CT molecular complexity index is 1000. The SMILES string of the molecule is CNC1(c2ccc3c(c2OP(=O)(O)O)C(=O)c2ccccc2C3=O)CC1. The summed E-state index contributed by atoms with van der Waals surface area (Å²) in [6, 6.07) is 9.52.